The summed E-state index contributed by atoms with van der Waals surface area (Å²) in [5.74, 6) is 0. The maximum absolute atomic E-state index is 9.04. The second-order valence-corrected chi connectivity index (χ2v) is 3.70. The zero-order valence-corrected chi connectivity index (χ0v) is 8.81. The normalized spacial score (nSPS) is 21.1. The highest BCUT2D eigenvalue weighted by atomic mass is 16.5. The summed E-state index contributed by atoms with van der Waals surface area (Å²) in [4.78, 5) is 2.12. The van der Waals surface area contributed by atoms with Crippen LogP contribution in [0.3, 0.4) is 0 Å². The minimum absolute atomic E-state index is 0.153. The van der Waals surface area contributed by atoms with Crippen LogP contribution in [-0.2, 0) is 4.74 Å². The van der Waals surface area contributed by atoms with Crippen LogP contribution >= 0.6 is 0 Å². The van der Waals surface area contributed by atoms with Crippen LogP contribution < -0.4 is 4.90 Å². The smallest absolute Gasteiger partial charge is 0.140 e. The molecule has 3 nitrogen and oxygen atoms in total. The molecule has 0 spiro atoms. The Hall–Kier alpha value is -1.53. The van der Waals surface area contributed by atoms with E-state index in [0.717, 1.165) is 12.2 Å². The molecule has 1 saturated heterocycles. The van der Waals surface area contributed by atoms with E-state index in [9.17, 15) is 0 Å². The fourth-order valence-electron chi connectivity index (χ4n) is 1.88. The van der Waals surface area contributed by atoms with E-state index in [2.05, 4.69) is 30.0 Å². The number of ether oxygens (including phenoxy) is 1. The minimum Gasteiger partial charge on any atom is -0.376 e. The van der Waals surface area contributed by atoms with Crippen LogP contribution in [-0.4, -0.2) is 25.8 Å². The zero-order valence-electron chi connectivity index (χ0n) is 8.81. The largest absolute Gasteiger partial charge is 0.376 e. The van der Waals surface area contributed by atoms with Gasteiger partial charge < -0.3 is 9.64 Å². The number of rotatable bonds is 1. The lowest BCUT2D eigenvalue weighted by Crippen LogP contribution is -2.45. The van der Waals surface area contributed by atoms with Crippen molar-refractivity contribution < 1.29 is 4.74 Å². The van der Waals surface area contributed by atoms with E-state index in [1.807, 2.05) is 12.1 Å². The van der Waals surface area contributed by atoms with Gasteiger partial charge in [0.05, 0.1) is 19.3 Å². The third-order valence-electron chi connectivity index (χ3n) is 2.70. The number of hydrogen-bond donors (Lipinski definition) is 0. The third kappa shape index (κ3) is 1.95. The number of hydrogen-bond acceptors (Lipinski definition) is 3. The van der Waals surface area contributed by atoms with Crippen molar-refractivity contribution in [2.24, 2.45) is 0 Å². The average Bonchev–Trinajstić information content (AvgIpc) is 2.30. The topological polar surface area (TPSA) is 36.3 Å². The van der Waals surface area contributed by atoms with Gasteiger partial charge in [-0.1, -0.05) is 18.2 Å². The Morgan fingerprint density at radius 1 is 1.47 bits per heavy atom. The van der Waals surface area contributed by atoms with Crippen molar-refractivity contribution in [3.05, 3.63) is 29.8 Å². The zero-order chi connectivity index (χ0) is 10.7. The molecule has 0 amide bonds. The highest BCUT2D eigenvalue weighted by Gasteiger charge is 2.23. The summed E-state index contributed by atoms with van der Waals surface area (Å²) in [6, 6.07) is 10.3. The van der Waals surface area contributed by atoms with Crippen molar-refractivity contribution >= 4 is 5.69 Å². The Balaban J connectivity index is 2.29. The van der Waals surface area contributed by atoms with Gasteiger partial charge in [-0.05, 0) is 18.6 Å². The Bertz CT molecular complexity index is 383. The lowest BCUT2D eigenvalue weighted by molar-refractivity contribution is 0.107. The highest BCUT2D eigenvalue weighted by molar-refractivity contribution is 5.55. The first-order chi connectivity index (χ1) is 7.33. The van der Waals surface area contributed by atoms with E-state index in [4.69, 9.17) is 10.00 Å². The maximum atomic E-state index is 9.04. The van der Waals surface area contributed by atoms with Gasteiger partial charge >= 0.3 is 0 Å². The van der Waals surface area contributed by atoms with E-state index in [0.29, 0.717) is 13.2 Å². The van der Waals surface area contributed by atoms with Gasteiger partial charge in [-0.3, -0.25) is 0 Å². The van der Waals surface area contributed by atoms with Gasteiger partial charge in [0, 0.05) is 12.2 Å². The molecule has 0 saturated carbocycles. The summed E-state index contributed by atoms with van der Waals surface area (Å²) in [7, 11) is 0. The lowest BCUT2D eigenvalue weighted by Gasteiger charge is -2.34. The molecule has 1 unspecified atom stereocenters. The molecule has 1 heterocycles. The molecule has 0 radical (unpaired) electrons. The van der Waals surface area contributed by atoms with Gasteiger partial charge in [-0.15, -0.1) is 0 Å². The highest BCUT2D eigenvalue weighted by Crippen LogP contribution is 2.23. The van der Waals surface area contributed by atoms with Gasteiger partial charge in [0.25, 0.3) is 0 Å². The van der Waals surface area contributed by atoms with Crippen molar-refractivity contribution in [2.45, 2.75) is 13.0 Å². The van der Waals surface area contributed by atoms with Crippen molar-refractivity contribution in [3.63, 3.8) is 0 Å². The quantitative estimate of drug-likeness (QED) is 0.695. The van der Waals surface area contributed by atoms with Crippen LogP contribution in [0, 0.1) is 18.3 Å². The Kier molecular flexibility index (Phi) is 2.89. The molecule has 0 N–H and O–H groups in total. The van der Waals surface area contributed by atoms with Crippen molar-refractivity contribution in [3.8, 4) is 6.07 Å². The molecule has 2 rings (SSSR count). The van der Waals surface area contributed by atoms with Crippen LogP contribution in [0.15, 0.2) is 24.3 Å². The van der Waals surface area contributed by atoms with E-state index < -0.39 is 0 Å². The number of nitriles is 1. The number of morpholine rings is 1. The average molecular weight is 202 g/mol. The molecule has 1 aromatic carbocycles. The second-order valence-electron chi connectivity index (χ2n) is 3.70. The molecule has 1 aliphatic heterocycles. The molecular weight excluding hydrogens is 188 g/mol. The molecule has 15 heavy (non-hydrogen) atoms. The summed E-state index contributed by atoms with van der Waals surface area (Å²) in [6.45, 7) is 4.07. The molecule has 1 fully saturated rings. The fourth-order valence-corrected chi connectivity index (χ4v) is 1.88. The molecule has 78 valence electrons. The monoisotopic (exact) mass is 202 g/mol. The standard InChI is InChI=1S/C12H14N2O/c1-10-4-2-3-5-12(10)14-6-7-15-9-11(14)8-13/h2-5,11H,6-7,9H2,1H3. The van der Waals surface area contributed by atoms with Gasteiger partial charge in [-0.25, -0.2) is 0 Å². The first-order valence-electron chi connectivity index (χ1n) is 5.12. The summed E-state index contributed by atoms with van der Waals surface area (Å²) < 4.78 is 5.30. The van der Waals surface area contributed by atoms with E-state index in [-0.39, 0.29) is 6.04 Å². The predicted octanol–water partition coefficient (Wildman–Crippen LogP) is 1.72. The van der Waals surface area contributed by atoms with Crippen molar-refractivity contribution in [1.82, 2.24) is 0 Å². The molecule has 1 aliphatic rings. The molecule has 1 aromatic rings. The first kappa shape index (κ1) is 10.0. The molecule has 0 bridgehead atoms. The van der Waals surface area contributed by atoms with E-state index >= 15 is 0 Å². The van der Waals surface area contributed by atoms with Crippen LogP contribution in [0.1, 0.15) is 5.56 Å². The molecular formula is C12H14N2O. The van der Waals surface area contributed by atoms with E-state index in [1.165, 1.54) is 5.56 Å². The van der Waals surface area contributed by atoms with Crippen molar-refractivity contribution in [2.75, 3.05) is 24.7 Å². The fraction of sp³-hybridized carbons (Fsp3) is 0.417. The van der Waals surface area contributed by atoms with Gasteiger partial charge in [-0.2, -0.15) is 5.26 Å². The summed E-state index contributed by atoms with van der Waals surface area (Å²) >= 11 is 0. The molecule has 1 atom stereocenters. The minimum atomic E-state index is -0.153. The Morgan fingerprint density at radius 3 is 3.00 bits per heavy atom. The second kappa shape index (κ2) is 4.33. The van der Waals surface area contributed by atoms with Crippen LogP contribution in [0.25, 0.3) is 0 Å². The van der Waals surface area contributed by atoms with Crippen LogP contribution in [0.2, 0.25) is 0 Å². The summed E-state index contributed by atoms with van der Waals surface area (Å²) in [6.07, 6.45) is 0. The predicted molar refractivity (Wildman–Crippen MR) is 58.7 cm³/mol. The van der Waals surface area contributed by atoms with Crippen molar-refractivity contribution in [1.29, 1.82) is 5.26 Å². The van der Waals surface area contributed by atoms with Gasteiger partial charge in [0.1, 0.15) is 6.04 Å². The Morgan fingerprint density at radius 2 is 2.27 bits per heavy atom. The number of benzene rings is 1. The number of nitrogens with zero attached hydrogens (tertiary/aromatic N) is 2. The molecule has 3 heteroatoms. The van der Waals surface area contributed by atoms with Gasteiger partial charge in [0.2, 0.25) is 0 Å². The Labute approximate surface area is 89.9 Å². The maximum Gasteiger partial charge on any atom is 0.140 e. The van der Waals surface area contributed by atoms with Crippen LogP contribution in [0.5, 0.6) is 0 Å². The molecule has 0 aliphatic carbocycles. The summed E-state index contributed by atoms with van der Waals surface area (Å²) in [5.41, 5.74) is 2.35. The third-order valence-corrected chi connectivity index (χ3v) is 2.70. The SMILES string of the molecule is Cc1ccccc1N1CCOCC1C#N. The summed E-state index contributed by atoms with van der Waals surface area (Å²) in [5, 5.41) is 9.04. The molecule has 0 aromatic heterocycles. The van der Waals surface area contributed by atoms with Crippen LogP contribution in [0.4, 0.5) is 5.69 Å². The van der Waals surface area contributed by atoms with Gasteiger partial charge in [0.15, 0.2) is 0 Å². The van der Waals surface area contributed by atoms with E-state index in [1.54, 1.807) is 0 Å². The number of para-hydroxylation sites is 1. The number of aryl methyl sites for hydroxylation is 1. The first-order valence-corrected chi connectivity index (χ1v) is 5.12. The lowest BCUT2D eigenvalue weighted by atomic mass is 10.1. The number of anilines is 1.